The van der Waals surface area contributed by atoms with E-state index in [-0.39, 0.29) is 5.41 Å². The molecule has 0 saturated carbocycles. The standard InChI is InChI=1S/C16H23NO/c1-4-7-16(8-9-17-11-16)15(18)14-10-12(2)5-6-13(14)3/h5-6,10,17H,4,7-9,11H2,1-3H3. The quantitative estimate of drug-likeness (QED) is 0.825. The molecule has 18 heavy (non-hydrogen) atoms. The summed E-state index contributed by atoms with van der Waals surface area (Å²) in [5.41, 5.74) is 3.04. The summed E-state index contributed by atoms with van der Waals surface area (Å²) in [5.74, 6) is 0.343. The topological polar surface area (TPSA) is 29.1 Å². The Morgan fingerprint density at radius 2 is 2.17 bits per heavy atom. The first-order chi connectivity index (χ1) is 8.59. The number of carbonyl (C=O) groups excluding carboxylic acids is 1. The number of benzene rings is 1. The SMILES string of the molecule is CCCC1(C(=O)c2cc(C)ccc2C)CCNC1. The molecule has 2 heteroatoms. The summed E-state index contributed by atoms with van der Waals surface area (Å²) in [6.07, 6.45) is 3.04. The fraction of sp³-hybridized carbons (Fsp3) is 0.562. The van der Waals surface area contributed by atoms with E-state index >= 15 is 0 Å². The molecule has 0 aliphatic carbocycles. The second kappa shape index (κ2) is 5.23. The summed E-state index contributed by atoms with van der Waals surface area (Å²) in [6.45, 7) is 8.06. The van der Waals surface area contributed by atoms with Gasteiger partial charge in [-0.05, 0) is 44.9 Å². The molecular weight excluding hydrogens is 222 g/mol. The maximum Gasteiger partial charge on any atom is 0.170 e. The molecule has 1 aliphatic rings. The molecule has 1 fully saturated rings. The molecule has 0 amide bonds. The number of nitrogens with one attached hydrogen (secondary N) is 1. The van der Waals surface area contributed by atoms with E-state index in [0.717, 1.165) is 43.5 Å². The van der Waals surface area contributed by atoms with Gasteiger partial charge in [-0.1, -0.05) is 31.0 Å². The minimum atomic E-state index is -0.159. The highest BCUT2D eigenvalue weighted by Crippen LogP contribution is 2.35. The molecule has 2 rings (SSSR count). The molecule has 1 heterocycles. The van der Waals surface area contributed by atoms with Gasteiger partial charge in [0.05, 0.1) is 0 Å². The third kappa shape index (κ3) is 2.35. The van der Waals surface area contributed by atoms with Gasteiger partial charge in [0.15, 0.2) is 5.78 Å². The second-order valence-corrected chi connectivity index (χ2v) is 5.60. The van der Waals surface area contributed by atoms with Crippen LogP contribution in [0, 0.1) is 19.3 Å². The summed E-state index contributed by atoms with van der Waals surface area (Å²) in [6, 6.07) is 6.18. The minimum Gasteiger partial charge on any atom is -0.316 e. The number of Topliss-reactive ketones (excluding diaryl/α,β-unsaturated/α-hetero) is 1. The molecular formula is C16H23NO. The van der Waals surface area contributed by atoms with Crippen LogP contribution >= 0.6 is 0 Å². The predicted molar refractivity (Wildman–Crippen MR) is 75.1 cm³/mol. The number of ketones is 1. The lowest BCUT2D eigenvalue weighted by Gasteiger charge is -2.27. The first-order valence-corrected chi connectivity index (χ1v) is 6.92. The van der Waals surface area contributed by atoms with Crippen molar-refractivity contribution in [2.24, 2.45) is 5.41 Å². The molecule has 2 nitrogen and oxygen atoms in total. The van der Waals surface area contributed by atoms with Crippen LogP contribution in [0.15, 0.2) is 18.2 Å². The highest BCUT2D eigenvalue weighted by atomic mass is 16.1. The second-order valence-electron chi connectivity index (χ2n) is 5.60. The maximum atomic E-state index is 12.9. The molecule has 98 valence electrons. The molecule has 0 spiro atoms. The van der Waals surface area contributed by atoms with Gasteiger partial charge in [-0.15, -0.1) is 0 Å². The van der Waals surface area contributed by atoms with E-state index in [1.54, 1.807) is 0 Å². The smallest absolute Gasteiger partial charge is 0.170 e. The molecule has 0 radical (unpaired) electrons. The van der Waals surface area contributed by atoms with Gasteiger partial charge in [0.1, 0.15) is 0 Å². The summed E-state index contributed by atoms with van der Waals surface area (Å²) < 4.78 is 0. The Labute approximate surface area is 110 Å². The van der Waals surface area contributed by atoms with Gasteiger partial charge in [0.2, 0.25) is 0 Å². The minimum absolute atomic E-state index is 0.159. The molecule has 1 aromatic carbocycles. The molecule has 1 atom stereocenters. The molecule has 1 saturated heterocycles. The highest BCUT2D eigenvalue weighted by Gasteiger charge is 2.40. The van der Waals surface area contributed by atoms with E-state index in [4.69, 9.17) is 0 Å². The highest BCUT2D eigenvalue weighted by molar-refractivity contribution is 6.02. The third-order valence-electron chi connectivity index (χ3n) is 4.09. The Bertz CT molecular complexity index is 444. The van der Waals surface area contributed by atoms with E-state index in [9.17, 15) is 4.79 Å². The van der Waals surface area contributed by atoms with Crippen molar-refractivity contribution in [2.45, 2.75) is 40.0 Å². The van der Waals surface area contributed by atoms with Crippen LogP contribution in [0.1, 0.15) is 47.7 Å². The van der Waals surface area contributed by atoms with Gasteiger partial charge in [0, 0.05) is 17.5 Å². The van der Waals surface area contributed by atoms with Gasteiger partial charge < -0.3 is 5.32 Å². The molecule has 1 aromatic rings. The van der Waals surface area contributed by atoms with Crippen molar-refractivity contribution in [3.05, 3.63) is 34.9 Å². The van der Waals surface area contributed by atoms with Crippen molar-refractivity contribution in [3.8, 4) is 0 Å². The lowest BCUT2D eigenvalue weighted by atomic mass is 9.75. The number of rotatable bonds is 4. The number of carbonyl (C=O) groups is 1. The maximum absolute atomic E-state index is 12.9. The van der Waals surface area contributed by atoms with Gasteiger partial charge in [-0.25, -0.2) is 0 Å². The van der Waals surface area contributed by atoms with Crippen LogP contribution in [0.5, 0.6) is 0 Å². The van der Waals surface area contributed by atoms with Crippen molar-refractivity contribution in [3.63, 3.8) is 0 Å². The van der Waals surface area contributed by atoms with Crippen LogP contribution in [0.4, 0.5) is 0 Å². The van der Waals surface area contributed by atoms with Crippen molar-refractivity contribution in [1.82, 2.24) is 5.32 Å². The molecule has 1 unspecified atom stereocenters. The average Bonchev–Trinajstić information content (AvgIpc) is 2.82. The number of hydrogen-bond acceptors (Lipinski definition) is 2. The first kappa shape index (κ1) is 13.3. The lowest BCUT2D eigenvalue weighted by molar-refractivity contribution is 0.0801. The first-order valence-electron chi connectivity index (χ1n) is 6.92. The summed E-state index contributed by atoms with van der Waals surface area (Å²) in [7, 11) is 0. The zero-order valence-corrected chi connectivity index (χ0v) is 11.7. The molecule has 0 aromatic heterocycles. The van der Waals surface area contributed by atoms with Crippen molar-refractivity contribution < 1.29 is 4.79 Å². The van der Waals surface area contributed by atoms with Crippen LogP contribution in [0.2, 0.25) is 0 Å². The summed E-state index contributed by atoms with van der Waals surface area (Å²) in [4.78, 5) is 12.9. The van der Waals surface area contributed by atoms with E-state index in [0.29, 0.717) is 5.78 Å². The Hall–Kier alpha value is -1.15. The van der Waals surface area contributed by atoms with Crippen LogP contribution in [0.3, 0.4) is 0 Å². The lowest BCUT2D eigenvalue weighted by Crippen LogP contribution is -2.34. The van der Waals surface area contributed by atoms with Gasteiger partial charge in [-0.2, -0.15) is 0 Å². The largest absolute Gasteiger partial charge is 0.316 e. The summed E-state index contributed by atoms with van der Waals surface area (Å²) in [5, 5.41) is 3.36. The zero-order chi connectivity index (χ0) is 13.2. The Balaban J connectivity index is 2.36. The van der Waals surface area contributed by atoms with Crippen LogP contribution in [-0.4, -0.2) is 18.9 Å². The van der Waals surface area contributed by atoms with E-state index < -0.39 is 0 Å². The molecule has 1 aliphatic heterocycles. The van der Waals surface area contributed by atoms with Crippen LogP contribution < -0.4 is 5.32 Å². The van der Waals surface area contributed by atoms with Gasteiger partial charge in [-0.3, -0.25) is 4.79 Å². The van der Waals surface area contributed by atoms with Crippen LogP contribution in [-0.2, 0) is 0 Å². The Kier molecular flexibility index (Phi) is 3.86. The monoisotopic (exact) mass is 245 g/mol. The average molecular weight is 245 g/mol. The fourth-order valence-electron chi connectivity index (χ4n) is 3.01. The number of aryl methyl sites for hydroxylation is 2. The normalized spacial score (nSPS) is 23.3. The fourth-order valence-corrected chi connectivity index (χ4v) is 3.01. The van der Waals surface area contributed by atoms with Gasteiger partial charge in [0.25, 0.3) is 0 Å². The molecule has 0 bridgehead atoms. The van der Waals surface area contributed by atoms with Crippen molar-refractivity contribution >= 4 is 5.78 Å². The number of hydrogen-bond donors (Lipinski definition) is 1. The van der Waals surface area contributed by atoms with E-state index in [2.05, 4.69) is 31.3 Å². The molecule has 1 N–H and O–H groups in total. The predicted octanol–water partition coefficient (Wildman–Crippen LogP) is 3.27. The zero-order valence-electron chi connectivity index (χ0n) is 11.7. The van der Waals surface area contributed by atoms with Gasteiger partial charge >= 0.3 is 0 Å². The van der Waals surface area contributed by atoms with Crippen LogP contribution in [0.25, 0.3) is 0 Å². The summed E-state index contributed by atoms with van der Waals surface area (Å²) >= 11 is 0. The Morgan fingerprint density at radius 1 is 1.39 bits per heavy atom. The third-order valence-corrected chi connectivity index (χ3v) is 4.09. The Morgan fingerprint density at radius 3 is 2.78 bits per heavy atom. The van der Waals surface area contributed by atoms with Crippen molar-refractivity contribution in [1.29, 1.82) is 0 Å². The van der Waals surface area contributed by atoms with Crippen molar-refractivity contribution in [2.75, 3.05) is 13.1 Å². The van der Waals surface area contributed by atoms with E-state index in [1.807, 2.05) is 13.0 Å². The van der Waals surface area contributed by atoms with E-state index in [1.165, 1.54) is 5.56 Å².